The number of amidine groups is 1. The third-order valence-corrected chi connectivity index (χ3v) is 0.671. The maximum atomic E-state index is 6.88. The average molecular weight is 130 g/mol. The van der Waals surface area contributed by atoms with Crippen molar-refractivity contribution in [3.63, 3.8) is 0 Å². The van der Waals surface area contributed by atoms with E-state index >= 15 is 0 Å². The summed E-state index contributed by atoms with van der Waals surface area (Å²) in [7, 11) is 3.70. The van der Waals surface area contributed by atoms with Crippen LogP contribution in [0.25, 0.3) is 0 Å². The molecule has 0 atom stereocenters. The molecule has 0 rings (SSSR count). The van der Waals surface area contributed by atoms with E-state index in [0.29, 0.717) is 5.84 Å². The Balaban J connectivity index is 0. The average Bonchev–Trinajstić information content (AvgIpc) is 1.68. The van der Waals surface area contributed by atoms with Gasteiger partial charge in [-0.05, 0) is 6.92 Å². The fourth-order valence-electron chi connectivity index (χ4n) is 0. The van der Waals surface area contributed by atoms with E-state index in [2.05, 4.69) is 13.8 Å². The standard InChI is InChI=1S/C4H10N2.C3H8/c1-4(5)6(2)3;1-3-2/h5H,1-3H3;3H2,1-2H3. The number of nitrogens with zero attached hydrogens (tertiary/aromatic N) is 1. The summed E-state index contributed by atoms with van der Waals surface area (Å²) >= 11 is 0. The van der Waals surface area contributed by atoms with E-state index in [9.17, 15) is 0 Å². The Hall–Kier alpha value is -0.530. The van der Waals surface area contributed by atoms with Crippen LogP contribution in [0.4, 0.5) is 0 Å². The zero-order chi connectivity index (χ0) is 7.86. The number of hydrogen-bond acceptors (Lipinski definition) is 1. The molecule has 0 bridgehead atoms. The van der Waals surface area contributed by atoms with E-state index in [1.165, 1.54) is 6.42 Å². The largest absolute Gasteiger partial charge is 0.367 e. The second-order valence-corrected chi connectivity index (χ2v) is 2.19. The SMILES string of the molecule is CC(=N)N(C)C.CCC. The molecule has 0 saturated carbocycles. The van der Waals surface area contributed by atoms with Crippen molar-refractivity contribution >= 4 is 5.84 Å². The molecule has 0 amide bonds. The van der Waals surface area contributed by atoms with E-state index in [4.69, 9.17) is 5.41 Å². The molecule has 9 heavy (non-hydrogen) atoms. The molecule has 0 aliphatic rings. The van der Waals surface area contributed by atoms with Crippen molar-refractivity contribution in [1.29, 1.82) is 5.41 Å². The van der Waals surface area contributed by atoms with Crippen molar-refractivity contribution < 1.29 is 0 Å². The fraction of sp³-hybridized carbons (Fsp3) is 0.857. The van der Waals surface area contributed by atoms with Crippen LogP contribution in [0.1, 0.15) is 27.2 Å². The van der Waals surface area contributed by atoms with Gasteiger partial charge in [-0.25, -0.2) is 0 Å². The molecule has 2 nitrogen and oxygen atoms in total. The summed E-state index contributed by atoms with van der Waals surface area (Å²) in [4.78, 5) is 1.75. The van der Waals surface area contributed by atoms with Gasteiger partial charge in [-0.2, -0.15) is 0 Å². The molecular formula is C7H18N2. The zero-order valence-corrected chi connectivity index (χ0v) is 7.15. The second-order valence-electron chi connectivity index (χ2n) is 2.19. The highest BCUT2D eigenvalue weighted by atomic mass is 15.1. The highest BCUT2D eigenvalue weighted by Gasteiger charge is 1.81. The van der Waals surface area contributed by atoms with Gasteiger partial charge >= 0.3 is 0 Å². The topological polar surface area (TPSA) is 27.1 Å². The van der Waals surface area contributed by atoms with Crippen molar-refractivity contribution in [3.8, 4) is 0 Å². The van der Waals surface area contributed by atoms with Crippen LogP contribution in [0.3, 0.4) is 0 Å². The van der Waals surface area contributed by atoms with E-state index in [1.807, 2.05) is 14.1 Å². The van der Waals surface area contributed by atoms with Gasteiger partial charge in [0.15, 0.2) is 0 Å². The van der Waals surface area contributed by atoms with Gasteiger partial charge in [0.25, 0.3) is 0 Å². The summed E-state index contributed by atoms with van der Waals surface area (Å²) in [5, 5.41) is 6.88. The van der Waals surface area contributed by atoms with Crippen LogP contribution in [0.15, 0.2) is 0 Å². The Labute approximate surface area is 58.4 Å². The van der Waals surface area contributed by atoms with Crippen LogP contribution in [0.5, 0.6) is 0 Å². The zero-order valence-electron chi connectivity index (χ0n) is 7.15. The first-order chi connectivity index (χ1) is 4.06. The molecule has 0 heterocycles. The molecule has 56 valence electrons. The third kappa shape index (κ3) is 18.6. The summed E-state index contributed by atoms with van der Waals surface area (Å²) in [6, 6.07) is 0. The first kappa shape index (κ1) is 11.3. The summed E-state index contributed by atoms with van der Waals surface area (Å²) in [5.41, 5.74) is 0. The van der Waals surface area contributed by atoms with Gasteiger partial charge in [-0.15, -0.1) is 0 Å². The molecular weight excluding hydrogens is 112 g/mol. The molecule has 0 aliphatic carbocycles. The second kappa shape index (κ2) is 7.47. The van der Waals surface area contributed by atoms with Gasteiger partial charge in [-0.1, -0.05) is 20.3 Å². The summed E-state index contributed by atoms with van der Waals surface area (Å²) in [6.07, 6.45) is 1.25. The molecule has 0 radical (unpaired) electrons. The molecule has 0 aromatic heterocycles. The van der Waals surface area contributed by atoms with E-state index in [1.54, 1.807) is 11.8 Å². The van der Waals surface area contributed by atoms with Crippen molar-refractivity contribution in [3.05, 3.63) is 0 Å². The fourth-order valence-corrected chi connectivity index (χ4v) is 0. The first-order valence-electron chi connectivity index (χ1n) is 3.28. The lowest BCUT2D eigenvalue weighted by atomic mass is 10.6. The van der Waals surface area contributed by atoms with Gasteiger partial charge in [-0.3, -0.25) is 5.41 Å². The van der Waals surface area contributed by atoms with Crippen molar-refractivity contribution in [2.45, 2.75) is 27.2 Å². The molecule has 0 aromatic rings. The van der Waals surface area contributed by atoms with Gasteiger partial charge < -0.3 is 4.90 Å². The van der Waals surface area contributed by atoms with E-state index in [0.717, 1.165) is 0 Å². The van der Waals surface area contributed by atoms with Crippen LogP contribution in [0, 0.1) is 5.41 Å². The Morgan fingerprint density at radius 1 is 1.33 bits per heavy atom. The molecule has 0 aliphatic heterocycles. The van der Waals surface area contributed by atoms with Gasteiger partial charge in [0, 0.05) is 14.1 Å². The predicted octanol–water partition coefficient (Wildman–Crippen LogP) is 1.96. The minimum Gasteiger partial charge on any atom is -0.367 e. The molecule has 0 spiro atoms. The normalized spacial score (nSPS) is 7.22. The lowest BCUT2D eigenvalue weighted by Crippen LogP contribution is -2.16. The van der Waals surface area contributed by atoms with Gasteiger partial charge in [0.1, 0.15) is 0 Å². The Bertz CT molecular complexity index is 67.3. The maximum Gasteiger partial charge on any atom is 0.0920 e. The lowest BCUT2D eigenvalue weighted by molar-refractivity contribution is 0.613. The first-order valence-corrected chi connectivity index (χ1v) is 3.28. The number of nitrogens with one attached hydrogen (secondary N) is 1. The Morgan fingerprint density at radius 2 is 1.44 bits per heavy atom. The summed E-state index contributed by atoms with van der Waals surface area (Å²) in [6.45, 7) is 6.00. The molecule has 0 fully saturated rings. The minimum atomic E-state index is 0.593. The van der Waals surface area contributed by atoms with Crippen molar-refractivity contribution in [2.75, 3.05) is 14.1 Å². The Morgan fingerprint density at radius 3 is 1.44 bits per heavy atom. The summed E-state index contributed by atoms with van der Waals surface area (Å²) in [5.74, 6) is 0.593. The highest BCUT2D eigenvalue weighted by molar-refractivity contribution is 5.75. The quantitative estimate of drug-likeness (QED) is 0.394. The molecule has 0 unspecified atom stereocenters. The third-order valence-electron chi connectivity index (χ3n) is 0.671. The lowest BCUT2D eigenvalue weighted by Gasteiger charge is -2.06. The van der Waals surface area contributed by atoms with Crippen LogP contribution >= 0.6 is 0 Å². The number of rotatable bonds is 0. The molecule has 0 saturated heterocycles. The Kier molecular flexibility index (Phi) is 9.37. The minimum absolute atomic E-state index is 0.593. The molecule has 1 N–H and O–H groups in total. The molecule has 0 aromatic carbocycles. The van der Waals surface area contributed by atoms with Crippen molar-refractivity contribution in [2.24, 2.45) is 0 Å². The van der Waals surface area contributed by atoms with Crippen LogP contribution in [-0.2, 0) is 0 Å². The molecule has 2 heteroatoms. The maximum absolute atomic E-state index is 6.88. The highest BCUT2D eigenvalue weighted by Crippen LogP contribution is 1.70. The summed E-state index contributed by atoms with van der Waals surface area (Å²) < 4.78 is 0. The van der Waals surface area contributed by atoms with E-state index < -0.39 is 0 Å². The predicted molar refractivity (Wildman–Crippen MR) is 43.1 cm³/mol. The van der Waals surface area contributed by atoms with E-state index in [-0.39, 0.29) is 0 Å². The van der Waals surface area contributed by atoms with Crippen LogP contribution < -0.4 is 0 Å². The van der Waals surface area contributed by atoms with Crippen molar-refractivity contribution in [1.82, 2.24) is 4.90 Å². The van der Waals surface area contributed by atoms with Crippen LogP contribution in [0.2, 0.25) is 0 Å². The number of hydrogen-bond donors (Lipinski definition) is 1. The van der Waals surface area contributed by atoms with Gasteiger partial charge in [0.2, 0.25) is 0 Å². The smallest absolute Gasteiger partial charge is 0.0920 e. The van der Waals surface area contributed by atoms with Crippen LogP contribution in [-0.4, -0.2) is 24.8 Å². The monoisotopic (exact) mass is 130 g/mol. The van der Waals surface area contributed by atoms with Gasteiger partial charge in [0.05, 0.1) is 5.84 Å².